The number of rotatable bonds is 5. The van der Waals surface area contributed by atoms with Crippen LogP contribution in [0.2, 0.25) is 0 Å². The van der Waals surface area contributed by atoms with Crippen LogP contribution < -0.4 is 11.0 Å². The summed E-state index contributed by atoms with van der Waals surface area (Å²) in [5, 5.41) is 6.82. The first-order chi connectivity index (χ1) is 13.6. The van der Waals surface area contributed by atoms with Crippen molar-refractivity contribution in [2.75, 3.05) is 0 Å². The number of nitrogens with one attached hydrogen (secondary N) is 2. The molecule has 0 saturated carbocycles. The van der Waals surface area contributed by atoms with E-state index in [0.29, 0.717) is 22.7 Å². The van der Waals surface area contributed by atoms with E-state index in [0.717, 1.165) is 11.3 Å². The van der Waals surface area contributed by atoms with Gasteiger partial charge in [-0.05, 0) is 31.2 Å². The lowest BCUT2D eigenvalue weighted by atomic mass is 10.1. The molecule has 2 N–H and O–H groups in total. The summed E-state index contributed by atoms with van der Waals surface area (Å²) in [5.74, 6) is 0.426. The van der Waals surface area contributed by atoms with E-state index in [4.69, 9.17) is 4.52 Å². The van der Waals surface area contributed by atoms with E-state index in [-0.39, 0.29) is 18.1 Å². The fourth-order valence-corrected chi connectivity index (χ4v) is 2.94. The number of carbonyl (C=O) groups is 1. The van der Waals surface area contributed by atoms with Gasteiger partial charge >= 0.3 is 5.69 Å². The highest BCUT2D eigenvalue weighted by atomic mass is 16.5. The van der Waals surface area contributed by atoms with E-state index >= 15 is 0 Å². The van der Waals surface area contributed by atoms with Gasteiger partial charge in [-0.15, -0.1) is 0 Å². The summed E-state index contributed by atoms with van der Waals surface area (Å²) in [6.45, 7) is 2.09. The second-order valence-corrected chi connectivity index (χ2v) is 6.35. The predicted octanol–water partition coefficient (Wildman–Crippen LogP) is 3.06. The highest BCUT2D eigenvalue weighted by Crippen LogP contribution is 2.19. The second kappa shape index (κ2) is 7.40. The molecule has 0 aliphatic heterocycles. The highest BCUT2D eigenvalue weighted by molar-refractivity contribution is 5.94. The van der Waals surface area contributed by atoms with E-state index in [1.807, 2.05) is 37.3 Å². The Hall–Kier alpha value is -3.87. The molecule has 0 spiro atoms. The number of aryl methyl sites for hydroxylation is 1. The van der Waals surface area contributed by atoms with E-state index in [1.54, 1.807) is 41.1 Å². The van der Waals surface area contributed by atoms with Crippen molar-refractivity contribution in [3.8, 4) is 17.0 Å². The topological polar surface area (TPSA) is 92.9 Å². The van der Waals surface area contributed by atoms with Crippen LogP contribution in [-0.2, 0) is 6.54 Å². The molecule has 1 amide bonds. The zero-order valence-corrected chi connectivity index (χ0v) is 15.2. The van der Waals surface area contributed by atoms with Crippen molar-refractivity contribution in [1.29, 1.82) is 0 Å². The van der Waals surface area contributed by atoms with Crippen LogP contribution in [0.3, 0.4) is 0 Å². The van der Waals surface area contributed by atoms with Crippen LogP contribution in [0, 0.1) is 6.92 Å². The molecule has 0 unspecified atom stereocenters. The Kier molecular flexibility index (Phi) is 4.63. The first-order valence-electron chi connectivity index (χ1n) is 8.78. The van der Waals surface area contributed by atoms with Gasteiger partial charge in [0.2, 0.25) is 0 Å². The number of amides is 1. The number of nitrogens with zero attached hydrogens (tertiary/aromatic N) is 2. The van der Waals surface area contributed by atoms with Gasteiger partial charge in [-0.3, -0.25) is 9.36 Å². The maximum atomic E-state index is 12.4. The first kappa shape index (κ1) is 17.5. The monoisotopic (exact) mass is 374 g/mol. The lowest BCUT2D eigenvalue weighted by Gasteiger charge is -2.06. The number of imidazole rings is 1. The molecule has 28 heavy (non-hydrogen) atoms. The van der Waals surface area contributed by atoms with E-state index in [1.165, 1.54) is 0 Å². The third-order valence-corrected chi connectivity index (χ3v) is 4.40. The van der Waals surface area contributed by atoms with Crippen molar-refractivity contribution < 1.29 is 9.32 Å². The Bertz CT molecular complexity index is 1150. The van der Waals surface area contributed by atoms with Crippen LogP contribution in [0.5, 0.6) is 0 Å². The molecular weight excluding hydrogens is 356 g/mol. The van der Waals surface area contributed by atoms with E-state index in [2.05, 4.69) is 15.5 Å². The second-order valence-electron chi connectivity index (χ2n) is 6.35. The molecule has 2 heterocycles. The van der Waals surface area contributed by atoms with E-state index in [9.17, 15) is 9.59 Å². The van der Waals surface area contributed by atoms with Gasteiger partial charge in [0.1, 0.15) is 5.69 Å². The lowest BCUT2D eigenvalue weighted by molar-refractivity contribution is 0.0950. The number of aromatic amines is 1. The molecule has 0 bridgehead atoms. The van der Waals surface area contributed by atoms with Gasteiger partial charge < -0.3 is 14.8 Å². The molecule has 7 heteroatoms. The molecule has 0 radical (unpaired) electrons. The summed E-state index contributed by atoms with van der Waals surface area (Å²) in [6, 6.07) is 18.3. The number of hydrogen-bond acceptors (Lipinski definition) is 4. The molecule has 4 rings (SSSR count). The Morgan fingerprint density at radius 3 is 2.57 bits per heavy atom. The minimum Gasteiger partial charge on any atom is -0.356 e. The number of carbonyl (C=O) groups excluding carboxylic acids is 1. The van der Waals surface area contributed by atoms with Gasteiger partial charge in [-0.2, -0.15) is 0 Å². The molecular formula is C21H18N4O3. The summed E-state index contributed by atoms with van der Waals surface area (Å²) in [5.41, 5.74) is 3.34. The number of benzene rings is 2. The van der Waals surface area contributed by atoms with Crippen LogP contribution in [0.4, 0.5) is 0 Å². The van der Waals surface area contributed by atoms with Gasteiger partial charge in [0.15, 0.2) is 5.76 Å². The predicted molar refractivity (Wildman–Crippen MR) is 104 cm³/mol. The Morgan fingerprint density at radius 1 is 1.14 bits per heavy atom. The Morgan fingerprint density at radius 2 is 1.89 bits per heavy atom. The Labute approximate surface area is 160 Å². The molecule has 0 atom stereocenters. The molecule has 0 aliphatic carbocycles. The van der Waals surface area contributed by atoms with Gasteiger partial charge in [-0.25, -0.2) is 4.79 Å². The average Bonchev–Trinajstić information content (AvgIpc) is 3.33. The zero-order chi connectivity index (χ0) is 19.5. The third-order valence-electron chi connectivity index (χ3n) is 4.40. The van der Waals surface area contributed by atoms with Crippen molar-refractivity contribution in [1.82, 2.24) is 20.0 Å². The molecule has 2 aromatic heterocycles. The van der Waals surface area contributed by atoms with Gasteiger partial charge in [-0.1, -0.05) is 35.5 Å². The zero-order valence-electron chi connectivity index (χ0n) is 15.2. The fraction of sp³-hybridized carbons (Fsp3) is 0.0952. The highest BCUT2D eigenvalue weighted by Gasteiger charge is 2.10. The van der Waals surface area contributed by atoms with Crippen molar-refractivity contribution >= 4 is 5.91 Å². The molecule has 0 fully saturated rings. The summed E-state index contributed by atoms with van der Waals surface area (Å²) < 4.78 is 6.88. The van der Waals surface area contributed by atoms with Crippen LogP contribution in [-0.4, -0.2) is 20.6 Å². The molecule has 7 nitrogen and oxygen atoms in total. The molecule has 0 aliphatic rings. The minimum atomic E-state index is -0.228. The third kappa shape index (κ3) is 3.50. The summed E-state index contributed by atoms with van der Waals surface area (Å²) >= 11 is 0. The van der Waals surface area contributed by atoms with Crippen molar-refractivity contribution in [3.05, 3.63) is 94.3 Å². The molecule has 2 aromatic carbocycles. The smallest absolute Gasteiger partial charge is 0.330 e. The standard InChI is InChI=1S/C21H18N4O3/c1-14-12-23-21(27)25(14)18-9-7-16(8-10-18)20(26)22-13-17-11-19(28-24-17)15-5-3-2-4-6-15/h2-12H,13H2,1H3,(H,22,26)(H,23,27). The summed E-state index contributed by atoms with van der Waals surface area (Å²) in [6.07, 6.45) is 1.64. The Balaban J connectivity index is 1.42. The van der Waals surface area contributed by atoms with Gasteiger partial charge in [0.05, 0.1) is 12.2 Å². The quantitative estimate of drug-likeness (QED) is 0.561. The molecule has 4 aromatic rings. The maximum Gasteiger partial charge on any atom is 0.330 e. The largest absolute Gasteiger partial charge is 0.356 e. The minimum absolute atomic E-state index is 0.213. The average molecular weight is 374 g/mol. The van der Waals surface area contributed by atoms with Crippen molar-refractivity contribution in [2.45, 2.75) is 13.5 Å². The van der Waals surface area contributed by atoms with Gasteiger partial charge in [0, 0.05) is 29.1 Å². The molecule has 0 saturated heterocycles. The normalized spacial score (nSPS) is 10.8. The lowest BCUT2D eigenvalue weighted by Crippen LogP contribution is -2.23. The summed E-state index contributed by atoms with van der Waals surface area (Å²) in [4.78, 5) is 26.9. The summed E-state index contributed by atoms with van der Waals surface area (Å²) in [7, 11) is 0. The van der Waals surface area contributed by atoms with Crippen LogP contribution in [0.15, 0.2) is 76.2 Å². The van der Waals surface area contributed by atoms with Crippen molar-refractivity contribution in [2.24, 2.45) is 0 Å². The van der Waals surface area contributed by atoms with Crippen molar-refractivity contribution in [3.63, 3.8) is 0 Å². The van der Waals surface area contributed by atoms with Crippen LogP contribution >= 0.6 is 0 Å². The molecule has 140 valence electrons. The van der Waals surface area contributed by atoms with E-state index < -0.39 is 0 Å². The first-order valence-corrected chi connectivity index (χ1v) is 8.78. The van der Waals surface area contributed by atoms with Crippen LogP contribution in [0.1, 0.15) is 21.7 Å². The SMILES string of the molecule is Cc1c[nH]c(=O)n1-c1ccc(C(=O)NCc2cc(-c3ccccc3)on2)cc1. The van der Waals surface area contributed by atoms with Crippen LogP contribution in [0.25, 0.3) is 17.0 Å². The number of H-pyrrole nitrogens is 1. The fourth-order valence-electron chi connectivity index (χ4n) is 2.94. The number of hydrogen-bond donors (Lipinski definition) is 2. The van der Waals surface area contributed by atoms with Gasteiger partial charge in [0.25, 0.3) is 5.91 Å². The maximum absolute atomic E-state index is 12.4. The number of aromatic nitrogens is 3.